The zero-order valence-electron chi connectivity index (χ0n) is 11.6. The van der Waals surface area contributed by atoms with Gasteiger partial charge in [0.05, 0.1) is 0 Å². The van der Waals surface area contributed by atoms with Gasteiger partial charge in [-0.25, -0.2) is 0 Å². The first-order valence-corrected chi connectivity index (χ1v) is 6.83. The topological polar surface area (TPSA) is 76.3 Å². The van der Waals surface area contributed by atoms with E-state index in [1.165, 1.54) is 0 Å². The second kappa shape index (κ2) is 5.57. The van der Waals surface area contributed by atoms with Crippen molar-refractivity contribution in [2.45, 2.75) is 0 Å². The molecule has 112 valence electrons. The number of furan rings is 1. The van der Waals surface area contributed by atoms with E-state index in [0.717, 1.165) is 0 Å². The first kappa shape index (κ1) is 14.2. The minimum Gasteiger partial charge on any atom is -0.451 e. The number of nitrogens with zero attached hydrogens (tertiary/aromatic N) is 1. The number of carbonyl (C=O) groups is 2. The van der Waals surface area contributed by atoms with Gasteiger partial charge >= 0.3 is 5.91 Å². The Kier molecular flexibility index (Phi) is 3.60. The van der Waals surface area contributed by atoms with Crippen molar-refractivity contribution < 1.29 is 14.0 Å². The van der Waals surface area contributed by atoms with Crippen molar-refractivity contribution in [1.29, 1.82) is 0 Å². The van der Waals surface area contributed by atoms with Crippen LogP contribution in [0.25, 0.3) is 11.0 Å². The Morgan fingerprint density at radius 3 is 2.64 bits per heavy atom. The standard InChI is InChI=1S/C15H12ClN3O3/c1-19-6-2-3-11(19)14(20)17-18-15(21)13-8-9-7-10(16)4-5-12(9)22-13/h2-8H,1H3,(H,17,20)(H,18,21). The molecular weight excluding hydrogens is 306 g/mol. The number of hydrogen-bond donors (Lipinski definition) is 2. The van der Waals surface area contributed by atoms with Gasteiger partial charge in [-0.3, -0.25) is 20.4 Å². The molecule has 0 aliphatic heterocycles. The van der Waals surface area contributed by atoms with Crippen molar-refractivity contribution in [2.75, 3.05) is 0 Å². The van der Waals surface area contributed by atoms with Gasteiger partial charge in [0.1, 0.15) is 11.3 Å². The van der Waals surface area contributed by atoms with Crippen LogP contribution in [0.15, 0.2) is 47.0 Å². The highest BCUT2D eigenvalue weighted by molar-refractivity contribution is 6.31. The molecule has 0 unspecified atom stereocenters. The number of hydrazine groups is 1. The fraction of sp³-hybridized carbons (Fsp3) is 0.0667. The van der Waals surface area contributed by atoms with Crippen LogP contribution in [0.1, 0.15) is 21.0 Å². The van der Waals surface area contributed by atoms with Gasteiger partial charge in [0.25, 0.3) is 5.91 Å². The highest BCUT2D eigenvalue weighted by Crippen LogP contribution is 2.22. The monoisotopic (exact) mass is 317 g/mol. The number of hydrogen-bond acceptors (Lipinski definition) is 3. The van der Waals surface area contributed by atoms with Crippen molar-refractivity contribution in [3.63, 3.8) is 0 Å². The largest absolute Gasteiger partial charge is 0.451 e. The van der Waals surface area contributed by atoms with Crippen LogP contribution in [0.5, 0.6) is 0 Å². The number of benzene rings is 1. The van der Waals surface area contributed by atoms with E-state index in [4.69, 9.17) is 16.0 Å². The average Bonchev–Trinajstić information content (AvgIpc) is 3.09. The maximum Gasteiger partial charge on any atom is 0.305 e. The molecule has 0 saturated heterocycles. The predicted octanol–water partition coefficient (Wildman–Crippen LogP) is 2.50. The number of aromatic nitrogens is 1. The van der Waals surface area contributed by atoms with Gasteiger partial charge in [-0.05, 0) is 36.4 Å². The van der Waals surface area contributed by atoms with E-state index in [2.05, 4.69) is 10.9 Å². The van der Waals surface area contributed by atoms with Gasteiger partial charge in [0.15, 0.2) is 5.76 Å². The quantitative estimate of drug-likeness (QED) is 0.713. The van der Waals surface area contributed by atoms with E-state index in [0.29, 0.717) is 21.7 Å². The van der Waals surface area contributed by atoms with E-state index < -0.39 is 11.8 Å². The number of rotatable bonds is 2. The van der Waals surface area contributed by atoms with E-state index in [9.17, 15) is 9.59 Å². The van der Waals surface area contributed by atoms with Crippen LogP contribution in [0, 0.1) is 0 Å². The Morgan fingerprint density at radius 2 is 1.91 bits per heavy atom. The maximum atomic E-state index is 12.0. The zero-order valence-corrected chi connectivity index (χ0v) is 12.3. The normalized spacial score (nSPS) is 10.6. The van der Waals surface area contributed by atoms with Gasteiger partial charge in [-0.1, -0.05) is 11.6 Å². The van der Waals surface area contributed by atoms with Gasteiger partial charge in [-0.15, -0.1) is 0 Å². The molecule has 0 fully saturated rings. The second-order valence-corrected chi connectivity index (χ2v) is 5.14. The Balaban J connectivity index is 1.71. The fourth-order valence-corrected chi connectivity index (χ4v) is 2.24. The summed E-state index contributed by atoms with van der Waals surface area (Å²) in [6.45, 7) is 0. The summed E-state index contributed by atoms with van der Waals surface area (Å²) in [6, 6.07) is 9.98. The lowest BCUT2D eigenvalue weighted by atomic mass is 10.2. The molecular formula is C15H12ClN3O3. The van der Waals surface area contributed by atoms with Crippen molar-refractivity contribution in [1.82, 2.24) is 15.4 Å². The third-order valence-corrected chi connectivity index (χ3v) is 3.40. The third kappa shape index (κ3) is 2.68. The van der Waals surface area contributed by atoms with Crippen molar-refractivity contribution >= 4 is 34.4 Å². The summed E-state index contributed by atoms with van der Waals surface area (Å²) in [6.07, 6.45) is 1.74. The van der Waals surface area contributed by atoms with Crippen LogP contribution in [-0.4, -0.2) is 16.4 Å². The lowest BCUT2D eigenvalue weighted by molar-refractivity contribution is 0.0828. The summed E-state index contributed by atoms with van der Waals surface area (Å²) in [7, 11) is 1.74. The van der Waals surface area contributed by atoms with Crippen LogP contribution in [0.2, 0.25) is 5.02 Å². The number of carbonyl (C=O) groups excluding carboxylic acids is 2. The van der Waals surface area contributed by atoms with Crippen LogP contribution >= 0.6 is 11.6 Å². The third-order valence-electron chi connectivity index (χ3n) is 3.17. The Morgan fingerprint density at radius 1 is 1.14 bits per heavy atom. The van der Waals surface area contributed by atoms with Gasteiger partial charge < -0.3 is 8.98 Å². The van der Waals surface area contributed by atoms with Gasteiger partial charge in [0.2, 0.25) is 0 Å². The van der Waals surface area contributed by atoms with Gasteiger partial charge in [0, 0.05) is 23.7 Å². The molecule has 0 bridgehead atoms. The van der Waals surface area contributed by atoms with Crippen LogP contribution in [0.3, 0.4) is 0 Å². The summed E-state index contributed by atoms with van der Waals surface area (Å²) in [5, 5.41) is 1.27. The molecule has 7 heteroatoms. The van der Waals surface area contributed by atoms with Crippen LogP contribution in [0.4, 0.5) is 0 Å². The first-order chi connectivity index (χ1) is 10.5. The SMILES string of the molecule is Cn1cccc1C(=O)NNC(=O)c1cc2cc(Cl)ccc2o1. The molecule has 0 atom stereocenters. The second-order valence-electron chi connectivity index (χ2n) is 4.71. The van der Waals surface area contributed by atoms with E-state index in [1.54, 1.807) is 54.2 Å². The minimum absolute atomic E-state index is 0.0875. The molecule has 0 radical (unpaired) electrons. The molecule has 0 saturated carbocycles. The number of aryl methyl sites for hydroxylation is 1. The molecule has 0 aliphatic rings. The average molecular weight is 318 g/mol. The van der Waals surface area contributed by atoms with Crippen molar-refractivity contribution in [3.05, 3.63) is 59.1 Å². The molecule has 1 aromatic carbocycles. The summed E-state index contributed by atoms with van der Waals surface area (Å²) in [5.74, 6) is -0.876. The molecule has 0 aliphatic carbocycles. The van der Waals surface area contributed by atoms with Crippen molar-refractivity contribution in [3.8, 4) is 0 Å². The zero-order chi connectivity index (χ0) is 15.7. The summed E-state index contributed by atoms with van der Waals surface area (Å²) >= 11 is 5.88. The first-order valence-electron chi connectivity index (χ1n) is 6.46. The molecule has 2 amide bonds. The number of amides is 2. The molecule has 3 aromatic rings. The van der Waals surface area contributed by atoms with Gasteiger partial charge in [-0.2, -0.15) is 0 Å². The smallest absolute Gasteiger partial charge is 0.305 e. The Labute approximate surface area is 130 Å². The maximum absolute atomic E-state index is 12.0. The highest BCUT2D eigenvalue weighted by atomic mass is 35.5. The van der Waals surface area contributed by atoms with E-state index >= 15 is 0 Å². The fourth-order valence-electron chi connectivity index (χ4n) is 2.06. The van der Waals surface area contributed by atoms with Crippen LogP contribution < -0.4 is 10.9 Å². The number of fused-ring (bicyclic) bond motifs is 1. The molecule has 6 nitrogen and oxygen atoms in total. The Bertz CT molecular complexity index is 866. The number of halogens is 1. The minimum atomic E-state index is -0.546. The number of nitrogens with one attached hydrogen (secondary N) is 2. The summed E-state index contributed by atoms with van der Waals surface area (Å²) in [4.78, 5) is 23.9. The molecule has 2 heterocycles. The lowest BCUT2D eigenvalue weighted by Gasteiger charge is -2.06. The summed E-state index contributed by atoms with van der Waals surface area (Å²) < 4.78 is 7.05. The molecule has 0 spiro atoms. The molecule has 2 aromatic heterocycles. The van der Waals surface area contributed by atoms with E-state index in [1.807, 2.05) is 0 Å². The highest BCUT2D eigenvalue weighted by Gasteiger charge is 2.14. The molecule has 2 N–H and O–H groups in total. The molecule has 22 heavy (non-hydrogen) atoms. The van der Waals surface area contributed by atoms with Crippen LogP contribution in [-0.2, 0) is 7.05 Å². The Hall–Kier alpha value is -2.73. The van der Waals surface area contributed by atoms with Crippen molar-refractivity contribution in [2.24, 2.45) is 7.05 Å². The molecule has 3 rings (SSSR count). The summed E-state index contributed by atoms with van der Waals surface area (Å²) in [5.41, 5.74) is 5.62. The van der Waals surface area contributed by atoms with E-state index in [-0.39, 0.29) is 5.76 Å². The predicted molar refractivity (Wildman–Crippen MR) is 81.6 cm³/mol. The lowest BCUT2D eigenvalue weighted by Crippen LogP contribution is -2.42.